The first-order valence-electron chi connectivity index (χ1n) is 5.81. The minimum atomic E-state index is -0.228. The van der Waals surface area contributed by atoms with Gasteiger partial charge >= 0.3 is 0 Å². The summed E-state index contributed by atoms with van der Waals surface area (Å²) in [4.78, 5) is 21.5. The summed E-state index contributed by atoms with van der Waals surface area (Å²) in [6.45, 7) is 4.30. The second-order valence-corrected chi connectivity index (χ2v) is 4.13. The maximum atomic E-state index is 11.1. The first kappa shape index (κ1) is 11.6. The van der Waals surface area contributed by atoms with Gasteiger partial charge in [-0.15, -0.1) is 0 Å². The van der Waals surface area contributed by atoms with E-state index in [0.29, 0.717) is 6.54 Å². The summed E-state index contributed by atoms with van der Waals surface area (Å²) < 4.78 is 0. The van der Waals surface area contributed by atoms with Crippen molar-refractivity contribution in [3.05, 3.63) is 12.4 Å². The summed E-state index contributed by atoms with van der Waals surface area (Å²) >= 11 is 0. The molecule has 1 aliphatic rings. The van der Waals surface area contributed by atoms with E-state index >= 15 is 0 Å². The van der Waals surface area contributed by atoms with Gasteiger partial charge in [-0.3, -0.25) is 4.79 Å². The van der Waals surface area contributed by atoms with E-state index in [1.165, 1.54) is 6.33 Å². The molecule has 1 fully saturated rings. The van der Waals surface area contributed by atoms with Crippen LogP contribution in [-0.4, -0.2) is 35.5 Å². The molecule has 92 valence electrons. The molecule has 6 nitrogen and oxygen atoms in total. The molecule has 1 saturated heterocycles. The zero-order valence-corrected chi connectivity index (χ0v) is 9.89. The Morgan fingerprint density at radius 1 is 1.65 bits per heavy atom. The Kier molecular flexibility index (Phi) is 3.41. The van der Waals surface area contributed by atoms with Crippen molar-refractivity contribution < 1.29 is 4.79 Å². The number of nitrogens with one attached hydrogen (secondary N) is 1. The van der Waals surface area contributed by atoms with Crippen LogP contribution in [0.1, 0.15) is 13.3 Å². The van der Waals surface area contributed by atoms with E-state index in [-0.39, 0.29) is 11.8 Å². The quantitative estimate of drug-likeness (QED) is 0.780. The summed E-state index contributed by atoms with van der Waals surface area (Å²) in [5, 5.41) is 3.14. The average Bonchev–Trinajstić information content (AvgIpc) is 2.79. The molecule has 6 heteroatoms. The number of amides is 1. The van der Waals surface area contributed by atoms with Crippen molar-refractivity contribution in [1.29, 1.82) is 0 Å². The summed E-state index contributed by atoms with van der Waals surface area (Å²) in [6, 6.07) is 1.90. The number of carbonyl (C=O) groups excluding carboxylic acids is 1. The summed E-state index contributed by atoms with van der Waals surface area (Å²) in [6.07, 6.45) is 2.33. The highest BCUT2D eigenvalue weighted by molar-refractivity contribution is 5.78. The maximum absolute atomic E-state index is 11.1. The molecule has 0 bridgehead atoms. The molecule has 0 saturated carbocycles. The third-order valence-electron chi connectivity index (χ3n) is 2.93. The average molecular weight is 235 g/mol. The van der Waals surface area contributed by atoms with Crippen molar-refractivity contribution in [1.82, 2.24) is 9.97 Å². The van der Waals surface area contributed by atoms with Gasteiger partial charge in [-0.25, -0.2) is 9.97 Å². The van der Waals surface area contributed by atoms with Crippen molar-refractivity contribution in [2.45, 2.75) is 13.3 Å². The lowest BCUT2D eigenvalue weighted by molar-refractivity contribution is -0.121. The topological polar surface area (TPSA) is 84.1 Å². The fourth-order valence-electron chi connectivity index (χ4n) is 2.00. The van der Waals surface area contributed by atoms with Crippen molar-refractivity contribution in [3.63, 3.8) is 0 Å². The smallest absolute Gasteiger partial charge is 0.222 e. The van der Waals surface area contributed by atoms with Crippen molar-refractivity contribution in [2.75, 3.05) is 29.9 Å². The van der Waals surface area contributed by atoms with Gasteiger partial charge in [0.05, 0.1) is 5.92 Å². The number of nitrogens with zero attached hydrogens (tertiary/aromatic N) is 3. The van der Waals surface area contributed by atoms with Gasteiger partial charge in [-0.2, -0.15) is 0 Å². The molecular weight excluding hydrogens is 218 g/mol. The van der Waals surface area contributed by atoms with Crippen molar-refractivity contribution >= 4 is 17.5 Å². The minimum Gasteiger partial charge on any atom is -0.370 e. The molecule has 2 heterocycles. The van der Waals surface area contributed by atoms with E-state index in [1.807, 2.05) is 13.0 Å². The molecule has 0 aliphatic carbocycles. The molecule has 1 aromatic rings. The molecule has 1 unspecified atom stereocenters. The highest BCUT2D eigenvalue weighted by Crippen LogP contribution is 2.22. The molecule has 0 radical (unpaired) electrons. The molecular formula is C11H17N5O. The molecule has 17 heavy (non-hydrogen) atoms. The predicted molar refractivity (Wildman–Crippen MR) is 65.7 cm³/mol. The van der Waals surface area contributed by atoms with Gasteiger partial charge in [-0.05, 0) is 13.3 Å². The summed E-state index contributed by atoms with van der Waals surface area (Å²) in [7, 11) is 0. The highest BCUT2D eigenvalue weighted by Gasteiger charge is 2.27. The lowest BCUT2D eigenvalue weighted by Gasteiger charge is -2.17. The summed E-state index contributed by atoms with van der Waals surface area (Å²) in [5.41, 5.74) is 5.30. The number of nitrogens with two attached hydrogens (primary N) is 1. The van der Waals surface area contributed by atoms with Crippen LogP contribution in [0, 0.1) is 5.92 Å². The molecule has 2 rings (SSSR count). The maximum Gasteiger partial charge on any atom is 0.222 e. The van der Waals surface area contributed by atoms with E-state index in [4.69, 9.17) is 5.73 Å². The molecule has 1 aliphatic heterocycles. The van der Waals surface area contributed by atoms with Crippen LogP contribution in [0.3, 0.4) is 0 Å². The van der Waals surface area contributed by atoms with E-state index in [9.17, 15) is 4.79 Å². The van der Waals surface area contributed by atoms with Gasteiger partial charge < -0.3 is 16.0 Å². The highest BCUT2D eigenvalue weighted by atomic mass is 16.1. The van der Waals surface area contributed by atoms with Crippen LogP contribution in [0.25, 0.3) is 0 Å². The zero-order valence-electron chi connectivity index (χ0n) is 9.89. The molecule has 1 amide bonds. The minimum absolute atomic E-state index is 0.0625. The van der Waals surface area contributed by atoms with Gasteiger partial charge in [0.2, 0.25) is 5.91 Å². The van der Waals surface area contributed by atoms with Crippen LogP contribution in [0.15, 0.2) is 12.4 Å². The third-order valence-corrected chi connectivity index (χ3v) is 2.93. The fourth-order valence-corrected chi connectivity index (χ4v) is 2.00. The normalized spacial score (nSPS) is 19.4. The molecule has 0 spiro atoms. The Hall–Kier alpha value is -1.85. The Morgan fingerprint density at radius 2 is 2.47 bits per heavy atom. The number of primary amides is 1. The fraction of sp³-hybridized carbons (Fsp3) is 0.545. The molecule has 0 aromatic carbocycles. The first-order chi connectivity index (χ1) is 8.20. The van der Waals surface area contributed by atoms with E-state index in [0.717, 1.165) is 31.1 Å². The number of anilines is 2. The van der Waals surface area contributed by atoms with Crippen LogP contribution in [0.4, 0.5) is 11.6 Å². The van der Waals surface area contributed by atoms with Gasteiger partial charge in [-0.1, -0.05) is 0 Å². The van der Waals surface area contributed by atoms with Crippen LogP contribution in [0.2, 0.25) is 0 Å². The van der Waals surface area contributed by atoms with Gasteiger partial charge in [0.1, 0.15) is 18.0 Å². The third kappa shape index (κ3) is 2.64. The Morgan fingerprint density at radius 3 is 3.12 bits per heavy atom. The van der Waals surface area contributed by atoms with Crippen molar-refractivity contribution in [2.24, 2.45) is 11.7 Å². The van der Waals surface area contributed by atoms with Crippen LogP contribution >= 0.6 is 0 Å². The SMILES string of the molecule is CCNc1cc(N2CCC(C(N)=O)C2)ncn1. The lowest BCUT2D eigenvalue weighted by Crippen LogP contribution is -2.27. The van der Waals surface area contributed by atoms with E-state index in [1.54, 1.807) is 0 Å². The second kappa shape index (κ2) is 4.99. The first-order valence-corrected chi connectivity index (χ1v) is 5.81. The Labute approximate surface area is 100 Å². The Balaban J connectivity index is 2.08. The number of carbonyl (C=O) groups is 1. The second-order valence-electron chi connectivity index (χ2n) is 4.13. The van der Waals surface area contributed by atoms with Gasteiger partial charge in [0.25, 0.3) is 0 Å². The van der Waals surface area contributed by atoms with Gasteiger partial charge in [0, 0.05) is 25.7 Å². The van der Waals surface area contributed by atoms with Gasteiger partial charge in [0.15, 0.2) is 0 Å². The molecule has 1 aromatic heterocycles. The molecule has 1 atom stereocenters. The van der Waals surface area contributed by atoms with E-state index < -0.39 is 0 Å². The lowest BCUT2D eigenvalue weighted by atomic mass is 10.1. The van der Waals surface area contributed by atoms with Crippen LogP contribution < -0.4 is 16.0 Å². The number of rotatable bonds is 4. The predicted octanol–water partition coefficient (Wildman–Crippen LogP) is 0.220. The summed E-state index contributed by atoms with van der Waals surface area (Å²) in [5.74, 6) is 1.36. The number of hydrogen-bond acceptors (Lipinski definition) is 5. The molecule has 3 N–H and O–H groups in total. The van der Waals surface area contributed by atoms with Crippen LogP contribution in [-0.2, 0) is 4.79 Å². The van der Waals surface area contributed by atoms with Crippen molar-refractivity contribution in [3.8, 4) is 0 Å². The van der Waals surface area contributed by atoms with Crippen LogP contribution in [0.5, 0.6) is 0 Å². The largest absolute Gasteiger partial charge is 0.370 e. The standard InChI is InChI=1S/C11H17N5O/c1-2-13-9-5-10(15-7-14-9)16-4-3-8(6-16)11(12)17/h5,7-8H,2-4,6H2,1H3,(H2,12,17)(H,13,14,15). The monoisotopic (exact) mass is 235 g/mol. The number of hydrogen-bond donors (Lipinski definition) is 2. The zero-order chi connectivity index (χ0) is 12.3. The Bertz CT molecular complexity index is 409. The van der Waals surface area contributed by atoms with E-state index in [2.05, 4.69) is 20.2 Å². The number of aromatic nitrogens is 2.